The predicted molar refractivity (Wildman–Crippen MR) is 97.4 cm³/mol. The molecule has 0 atom stereocenters. The Hall–Kier alpha value is -1.42. The average molecular weight is 436 g/mol. The topological polar surface area (TPSA) is 69.5 Å². The summed E-state index contributed by atoms with van der Waals surface area (Å²) in [7, 11) is 1.67. The molecule has 8 heteroatoms. The molecule has 0 unspecified atom stereocenters. The van der Waals surface area contributed by atoms with E-state index in [0.717, 1.165) is 15.4 Å². The van der Waals surface area contributed by atoms with Crippen molar-refractivity contribution in [2.75, 3.05) is 7.05 Å². The van der Waals surface area contributed by atoms with E-state index in [0.29, 0.717) is 19.0 Å². The van der Waals surface area contributed by atoms with Crippen molar-refractivity contribution < 1.29 is 9.50 Å². The number of aromatic hydroxyl groups is 1. The van der Waals surface area contributed by atoms with Gasteiger partial charge in [-0.3, -0.25) is 4.99 Å². The second kappa shape index (κ2) is 8.89. The number of aryl methyl sites for hydroxylation is 1. The van der Waals surface area contributed by atoms with Crippen LogP contribution in [-0.2, 0) is 13.1 Å². The number of nitrogens with one attached hydrogen (secondary N) is 2. The molecule has 5 nitrogen and oxygen atoms in total. The highest BCUT2D eigenvalue weighted by Gasteiger charge is 2.04. The number of aliphatic imine (C=N–C) groups is 1. The lowest BCUT2D eigenvalue weighted by atomic mass is 10.2. The monoisotopic (exact) mass is 436 g/mol. The quantitative estimate of drug-likeness (QED) is 0.392. The van der Waals surface area contributed by atoms with E-state index in [1.807, 2.05) is 13.1 Å². The molecular weight excluding hydrogens is 418 g/mol. The van der Waals surface area contributed by atoms with Gasteiger partial charge in [0.2, 0.25) is 0 Å². The summed E-state index contributed by atoms with van der Waals surface area (Å²) in [5.74, 6) is -0.368. The van der Waals surface area contributed by atoms with Gasteiger partial charge in [0.1, 0.15) is 5.01 Å². The first-order valence-corrected chi connectivity index (χ1v) is 7.23. The number of rotatable bonds is 4. The number of nitrogens with zero attached hydrogens (tertiary/aromatic N) is 2. The van der Waals surface area contributed by atoms with Crippen LogP contribution in [0.15, 0.2) is 29.4 Å². The smallest absolute Gasteiger partial charge is 0.191 e. The van der Waals surface area contributed by atoms with Crippen molar-refractivity contribution in [3.05, 3.63) is 45.7 Å². The van der Waals surface area contributed by atoms with Crippen molar-refractivity contribution in [2.24, 2.45) is 4.99 Å². The Morgan fingerprint density at radius 1 is 1.36 bits per heavy atom. The van der Waals surface area contributed by atoms with Gasteiger partial charge in [-0.15, -0.1) is 35.3 Å². The summed E-state index contributed by atoms with van der Waals surface area (Å²) in [4.78, 5) is 9.51. The minimum atomic E-state index is -0.629. The fourth-order valence-corrected chi connectivity index (χ4v) is 2.44. The third-order valence-corrected chi connectivity index (χ3v) is 3.68. The lowest BCUT2D eigenvalue weighted by Gasteiger charge is -2.11. The largest absolute Gasteiger partial charge is 0.505 e. The summed E-state index contributed by atoms with van der Waals surface area (Å²) < 4.78 is 13.2. The van der Waals surface area contributed by atoms with Crippen LogP contribution in [0.4, 0.5) is 4.39 Å². The number of halogens is 2. The minimum Gasteiger partial charge on any atom is -0.505 e. The van der Waals surface area contributed by atoms with E-state index in [1.165, 1.54) is 12.1 Å². The van der Waals surface area contributed by atoms with Crippen molar-refractivity contribution in [2.45, 2.75) is 20.0 Å². The summed E-state index contributed by atoms with van der Waals surface area (Å²) in [5, 5.41) is 16.3. The Morgan fingerprint density at radius 3 is 2.68 bits per heavy atom. The zero-order valence-corrected chi connectivity index (χ0v) is 15.4. The van der Waals surface area contributed by atoms with Crippen LogP contribution in [0, 0.1) is 12.7 Å². The summed E-state index contributed by atoms with van der Waals surface area (Å²) in [5.41, 5.74) is 0.721. The van der Waals surface area contributed by atoms with Gasteiger partial charge in [-0.1, -0.05) is 6.07 Å². The minimum absolute atomic E-state index is 0. The van der Waals surface area contributed by atoms with Crippen LogP contribution in [0.2, 0.25) is 0 Å². The van der Waals surface area contributed by atoms with Crippen molar-refractivity contribution in [3.63, 3.8) is 0 Å². The van der Waals surface area contributed by atoms with Crippen molar-refractivity contribution in [3.8, 4) is 5.75 Å². The molecule has 0 amide bonds. The molecule has 0 aliphatic rings. The van der Waals surface area contributed by atoms with E-state index < -0.39 is 5.82 Å². The highest BCUT2D eigenvalue weighted by Crippen LogP contribution is 2.15. The standard InChI is InChI=1S/C14H17FN4OS.HI/c1-9-6-17-13(21-9)8-19-14(16-2)18-7-10-3-4-12(20)11(15)5-10;/h3-6,20H,7-8H2,1-2H3,(H2,16,18,19);1H. The molecule has 1 aromatic heterocycles. The summed E-state index contributed by atoms with van der Waals surface area (Å²) >= 11 is 1.62. The molecular formula is C14H18FIN4OS. The molecule has 120 valence electrons. The van der Waals surface area contributed by atoms with E-state index in [-0.39, 0.29) is 29.7 Å². The Balaban J connectivity index is 0.00000242. The van der Waals surface area contributed by atoms with E-state index in [9.17, 15) is 4.39 Å². The molecule has 2 rings (SSSR count). The molecule has 1 aromatic carbocycles. The van der Waals surface area contributed by atoms with Gasteiger partial charge in [-0.25, -0.2) is 9.37 Å². The van der Waals surface area contributed by atoms with Gasteiger partial charge in [0.15, 0.2) is 17.5 Å². The molecule has 0 aliphatic heterocycles. The highest BCUT2D eigenvalue weighted by atomic mass is 127. The number of hydrogen-bond acceptors (Lipinski definition) is 4. The fourth-order valence-electron chi connectivity index (χ4n) is 1.71. The maximum atomic E-state index is 13.2. The number of phenolic OH excluding ortho intramolecular Hbond substituents is 1. The van der Waals surface area contributed by atoms with Gasteiger partial charge < -0.3 is 15.7 Å². The molecule has 0 fully saturated rings. The normalized spacial score (nSPS) is 11.0. The zero-order chi connectivity index (χ0) is 15.2. The maximum Gasteiger partial charge on any atom is 0.191 e. The van der Waals surface area contributed by atoms with Crippen LogP contribution in [-0.4, -0.2) is 23.1 Å². The number of phenols is 1. The van der Waals surface area contributed by atoms with E-state index >= 15 is 0 Å². The van der Waals surface area contributed by atoms with Crippen molar-refractivity contribution >= 4 is 41.3 Å². The lowest BCUT2D eigenvalue weighted by molar-refractivity contribution is 0.431. The first-order chi connectivity index (χ1) is 10.1. The Kier molecular flexibility index (Phi) is 7.52. The Labute approximate surface area is 149 Å². The second-order valence-electron chi connectivity index (χ2n) is 4.43. The zero-order valence-electron chi connectivity index (χ0n) is 12.3. The van der Waals surface area contributed by atoms with Gasteiger partial charge in [0, 0.05) is 24.7 Å². The van der Waals surface area contributed by atoms with E-state index in [1.54, 1.807) is 24.5 Å². The summed E-state index contributed by atoms with van der Waals surface area (Å²) in [6.45, 7) is 3.00. The first kappa shape index (κ1) is 18.6. The molecule has 0 bridgehead atoms. The van der Waals surface area contributed by atoms with Gasteiger partial charge in [-0.2, -0.15) is 0 Å². The molecule has 1 heterocycles. The summed E-state index contributed by atoms with van der Waals surface area (Å²) in [6.07, 6.45) is 1.83. The van der Waals surface area contributed by atoms with Crippen LogP contribution >= 0.6 is 35.3 Å². The first-order valence-electron chi connectivity index (χ1n) is 6.41. The number of guanidine groups is 1. The van der Waals surface area contributed by atoms with Crippen LogP contribution < -0.4 is 10.6 Å². The van der Waals surface area contributed by atoms with Gasteiger partial charge in [0.05, 0.1) is 6.54 Å². The van der Waals surface area contributed by atoms with Gasteiger partial charge in [-0.05, 0) is 24.6 Å². The molecule has 2 aromatic rings. The third kappa shape index (κ3) is 5.41. The van der Waals surface area contributed by atoms with Crippen molar-refractivity contribution in [1.29, 1.82) is 0 Å². The molecule has 0 aliphatic carbocycles. The number of benzene rings is 1. The molecule has 3 N–H and O–H groups in total. The van der Waals surface area contributed by atoms with E-state index in [4.69, 9.17) is 5.11 Å². The Bertz CT molecular complexity index is 648. The SMILES string of the molecule is CN=C(NCc1ccc(O)c(F)c1)NCc1ncc(C)s1.I. The molecule has 0 saturated heterocycles. The molecule has 0 spiro atoms. The summed E-state index contributed by atoms with van der Waals surface area (Å²) in [6, 6.07) is 4.28. The van der Waals surface area contributed by atoms with Crippen LogP contribution in [0.1, 0.15) is 15.4 Å². The molecule has 0 saturated carbocycles. The van der Waals surface area contributed by atoms with Gasteiger partial charge >= 0.3 is 0 Å². The maximum absolute atomic E-state index is 13.2. The second-order valence-corrected chi connectivity index (χ2v) is 5.75. The number of aromatic nitrogens is 1. The fraction of sp³-hybridized carbons (Fsp3) is 0.286. The van der Waals surface area contributed by atoms with Crippen LogP contribution in [0.3, 0.4) is 0 Å². The highest BCUT2D eigenvalue weighted by molar-refractivity contribution is 14.0. The third-order valence-electron chi connectivity index (χ3n) is 2.77. The molecule has 22 heavy (non-hydrogen) atoms. The Morgan fingerprint density at radius 2 is 2.09 bits per heavy atom. The van der Waals surface area contributed by atoms with Crippen LogP contribution in [0.5, 0.6) is 5.75 Å². The van der Waals surface area contributed by atoms with E-state index in [2.05, 4.69) is 20.6 Å². The average Bonchev–Trinajstić information content (AvgIpc) is 2.88. The lowest BCUT2D eigenvalue weighted by Crippen LogP contribution is -2.36. The van der Waals surface area contributed by atoms with Crippen LogP contribution in [0.25, 0.3) is 0 Å². The van der Waals surface area contributed by atoms with Crippen molar-refractivity contribution in [1.82, 2.24) is 15.6 Å². The predicted octanol–water partition coefficient (Wildman–Crippen LogP) is 2.78. The number of hydrogen-bond donors (Lipinski definition) is 3. The number of thiazole rings is 1. The van der Waals surface area contributed by atoms with Gasteiger partial charge in [0.25, 0.3) is 0 Å². The molecule has 0 radical (unpaired) electrons.